The van der Waals surface area contributed by atoms with E-state index in [1.165, 1.54) is 5.56 Å². The fraction of sp³-hybridized carbons (Fsp3) is 0.588. The van der Waals surface area contributed by atoms with Crippen molar-refractivity contribution in [1.82, 2.24) is 10.2 Å². The quantitative estimate of drug-likeness (QED) is 0.830. The first-order valence-electron chi connectivity index (χ1n) is 7.48. The van der Waals surface area contributed by atoms with Gasteiger partial charge in [-0.2, -0.15) is 0 Å². The molecule has 3 heteroatoms. The number of hydrogen-bond donors (Lipinski definition) is 1. The van der Waals surface area contributed by atoms with Crippen LogP contribution >= 0.6 is 0 Å². The van der Waals surface area contributed by atoms with E-state index in [0.717, 1.165) is 25.9 Å². The lowest BCUT2D eigenvalue weighted by atomic mass is 10.1. The molecule has 0 heterocycles. The highest BCUT2D eigenvalue weighted by Crippen LogP contribution is 2.04. The lowest BCUT2D eigenvalue weighted by molar-refractivity contribution is -0.123. The van der Waals surface area contributed by atoms with Gasteiger partial charge in [0.2, 0.25) is 5.91 Å². The summed E-state index contributed by atoms with van der Waals surface area (Å²) < 4.78 is 0. The average Bonchev–Trinajstić information content (AvgIpc) is 2.36. The van der Waals surface area contributed by atoms with Crippen molar-refractivity contribution in [3.05, 3.63) is 35.9 Å². The van der Waals surface area contributed by atoms with Gasteiger partial charge < -0.3 is 5.32 Å². The molecule has 0 spiro atoms. The smallest absolute Gasteiger partial charge is 0.234 e. The van der Waals surface area contributed by atoms with Gasteiger partial charge in [-0.15, -0.1) is 0 Å². The maximum absolute atomic E-state index is 11.9. The minimum Gasteiger partial charge on any atom is -0.350 e. The van der Waals surface area contributed by atoms with Gasteiger partial charge in [-0.05, 0) is 52.3 Å². The van der Waals surface area contributed by atoms with Crippen LogP contribution in [-0.2, 0) is 11.2 Å². The number of amides is 1. The van der Waals surface area contributed by atoms with E-state index in [-0.39, 0.29) is 11.4 Å². The van der Waals surface area contributed by atoms with Crippen LogP contribution in [0.15, 0.2) is 30.3 Å². The molecule has 0 radical (unpaired) electrons. The molecule has 3 nitrogen and oxygen atoms in total. The van der Waals surface area contributed by atoms with Gasteiger partial charge in [-0.1, -0.05) is 37.3 Å². The van der Waals surface area contributed by atoms with E-state index in [4.69, 9.17) is 0 Å². The third-order valence-corrected chi connectivity index (χ3v) is 3.11. The van der Waals surface area contributed by atoms with Crippen molar-refractivity contribution >= 4 is 5.91 Å². The molecule has 0 saturated carbocycles. The van der Waals surface area contributed by atoms with Gasteiger partial charge in [0.15, 0.2) is 0 Å². The Morgan fingerprint density at radius 2 is 1.85 bits per heavy atom. The fourth-order valence-corrected chi connectivity index (χ4v) is 2.16. The largest absolute Gasteiger partial charge is 0.350 e. The molecule has 0 bridgehead atoms. The van der Waals surface area contributed by atoms with Crippen LogP contribution in [0.2, 0.25) is 0 Å². The Labute approximate surface area is 123 Å². The van der Waals surface area contributed by atoms with Gasteiger partial charge in [0.1, 0.15) is 0 Å². The van der Waals surface area contributed by atoms with E-state index in [1.54, 1.807) is 0 Å². The molecule has 0 unspecified atom stereocenters. The topological polar surface area (TPSA) is 32.3 Å². The highest BCUT2D eigenvalue weighted by Gasteiger charge is 2.15. The van der Waals surface area contributed by atoms with Gasteiger partial charge in [0.25, 0.3) is 0 Å². The highest BCUT2D eigenvalue weighted by molar-refractivity contribution is 5.78. The Morgan fingerprint density at radius 1 is 1.20 bits per heavy atom. The van der Waals surface area contributed by atoms with Gasteiger partial charge >= 0.3 is 0 Å². The zero-order valence-electron chi connectivity index (χ0n) is 13.3. The van der Waals surface area contributed by atoms with Crippen molar-refractivity contribution in [2.45, 2.75) is 46.1 Å². The SMILES string of the molecule is CCN(CCCc1ccccc1)CC(=O)NC(C)(C)C. The number of carbonyl (C=O) groups is 1. The second kappa shape index (κ2) is 8.05. The predicted octanol–water partition coefficient (Wildman–Crippen LogP) is 2.86. The number of rotatable bonds is 7. The van der Waals surface area contributed by atoms with Crippen LogP contribution < -0.4 is 5.32 Å². The standard InChI is InChI=1S/C17H28N2O/c1-5-19(14-16(20)18-17(2,3)4)13-9-12-15-10-7-6-8-11-15/h6-8,10-11H,5,9,12-14H2,1-4H3,(H,18,20). The Balaban J connectivity index is 2.31. The second-order valence-electron chi connectivity index (χ2n) is 6.26. The summed E-state index contributed by atoms with van der Waals surface area (Å²) >= 11 is 0. The van der Waals surface area contributed by atoms with Crippen molar-refractivity contribution in [3.8, 4) is 0 Å². The van der Waals surface area contributed by atoms with Gasteiger partial charge in [-0.25, -0.2) is 0 Å². The first-order chi connectivity index (χ1) is 9.40. The van der Waals surface area contributed by atoms with Crippen molar-refractivity contribution in [3.63, 3.8) is 0 Å². The maximum Gasteiger partial charge on any atom is 0.234 e. The van der Waals surface area contributed by atoms with Crippen molar-refractivity contribution < 1.29 is 4.79 Å². The van der Waals surface area contributed by atoms with Crippen LogP contribution in [0.3, 0.4) is 0 Å². The minimum absolute atomic E-state index is 0.110. The van der Waals surface area contributed by atoms with Crippen LogP contribution in [0.1, 0.15) is 39.7 Å². The first kappa shape index (κ1) is 16.7. The number of nitrogens with zero attached hydrogens (tertiary/aromatic N) is 1. The summed E-state index contributed by atoms with van der Waals surface area (Å²) in [7, 11) is 0. The van der Waals surface area contributed by atoms with Crippen molar-refractivity contribution in [2.75, 3.05) is 19.6 Å². The van der Waals surface area contributed by atoms with Crippen LogP contribution in [-0.4, -0.2) is 36.0 Å². The molecule has 0 aromatic heterocycles. The minimum atomic E-state index is -0.152. The van der Waals surface area contributed by atoms with Crippen molar-refractivity contribution in [1.29, 1.82) is 0 Å². The van der Waals surface area contributed by atoms with Crippen LogP contribution in [0.5, 0.6) is 0 Å². The van der Waals surface area contributed by atoms with Crippen LogP contribution in [0, 0.1) is 0 Å². The second-order valence-corrected chi connectivity index (χ2v) is 6.26. The molecule has 1 rings (SSSR count). The first-order valence-corrected chi connectivity index (χ1v) is 7.48. The van der Waals surface area contributed by atoms with Crippen LogP contribution in [0.4, 0.5) is 0 Å². The molecule has 1 aromatic rings. The third-order valence-electron chi connectivity index (χ3n) is 3.11. The average molecular weight is 276 g/mol. The number of benzene rings is 1. The van der Waals surface area contributed by atoms with E-state index < -0.39 is 0 Å². The third kappa shape index (κ3) is 7.29. The summed E-state index contributed by atoms with van der Waals surface area (Å²) in [5.41, 5.74) is 1.21. The molecule has 0 aliphatic rings. The molecule has 20 heavy (non-hydrogen) atoms. The Bertz CT molecular complexity index is 395. The normalized spacial score (nSPS) is 11.7. The van der Waals surface area contributed by atoms with E-state index >= 15 is 0 Å². The molecule has 0 atom stereocenters. The number of nitrogens with one attached hydrogen (secondary N) is 1. The van der Waals surface area contributed by atoms with E-state index in [0.29, 0.717) is 6.54 Å². The van der Waals surface area contributed by atoms with E-state index in [9.17, 15) is 4.79 Å². The molecule has 1 N–H and O–H groups in total. The Hall–Kier alpha value is -1.35. The summed E-state index contributed by atoms with van der Waals surface area (Å²) in [6, 6.07) is 10.5. The maximum atomic E-state index is 11.9. The van der Waals surface area contributed by atoms with E-state index in [2.05, 4.69) is 41.4 Å². The molecule has 1 aromatic carbocycles. The summed E-state index contributed by atoms with van der Waals surface area (Å²) in [6.07, 6.45) is 2.15. The molecule has 0 aliphatic carbocycles. The number of likely N-dealkylation sites (N-methyl/N-ethyl adjacent to an activating group) is 1. The molecule has 112 valence electrons. The molecule has 0 aliphatic heterocycles. The summed E-state index contributed by atoms with van der Waals surface area (Å²) in [5.74, 6) is 0.110. The molecule has 1 amide bonds. The number of carbonyl (C=O) groups excluding carboxylic acids is 1. The summed E-state index contributed by atoms with van der Waals surface area (Å²) in [4.78, 5) is 14.1. The summed E-state index contributed by atoms with van der Waals surface area (Å²) in [5, 5.41) is 3.01. The zero-order chi connectivity index (χ0) is 15.0. The number of hydrogen-bond acceptors (Lipinski definition) is 2. The predicted molar refractivity (Wildman–Crippen MR) is 84.8 cm³/mol. The molecule has 0 saturated heterocycles. The highest BCUT2D eigenvalue weighted by atomic mass is 16.2. The van der Waals surface area contributed by atoms with Crippen molar-refractivity contribution in [2.24, 2.45) is 0 Å². The number of aryl methyl sites for hydroxylation is 1. The van der Waals surface area contributed by atoms with Gasteiger partial charge in [0.05, 0.1) is 6.54 Å². The Morgan fingerprint density at radius 3 is 2.40 bits per heavy atom. The Kier molecular flexibility index (Phi) is 6.73. The van der Waals surface area contributed by atoms with E-state index in [1.807, 2.05) is 26.8 Å². The molecule has 0 fully saturated rings. The molecular weight excluding hydrogens is 248 g/mol. The monoisotopic (exact) mass is 276 g/mol. The lowest BCUT2D eigenvalue weighted by Gasteiger charge is -2.24. The zero-order valence-corrected chi connectivity index (χ0v) is 13.3. The van der Waals surface area contributed by atoms with Crippen LogP contribution in [0.25, 0.3) is 0 Å². The lowest BCUT2D eigenvalue weighted by Crippen LogP contribution is -2.46. The molecular formula is C17H28N2O. The fourth-order valence-electron chi connectivity index (χ4n) is 2.16. The summed E-state index contributed by atoms with van der Waals surface area (Å²) in [6.45, 7) is 10.5. The van der Waals surface area contributed by atoms with Gasteiger partial charge in [-0.3, -0.25) is 9.69 Å². The van der Waals surface area contributed by atoms with Gasteiger partial charge in [0, 0.05) is 5.54 Å².